The predicted octanol–water partition coefficient (Wildman–Crippen LogP) is -2.62. The number of ether oxygens (including phenoxy) is 1. The van der Waals surface area contributed by atoms with Crippen molar-refractivity contribution < 1.29 is 82.7 Å². The zero-order chi connectivity index (χ0) is 25.8. The van der Waals surface area contributed by atoms with Gasteiger partial charge >= 0.3 is 59.1 Å². The van der Waals surface area contributed by atoms with E-state index in [9.17, 15) is 14.4 Å². The van der Waals surface area contributed by atoms with Crippen LogP contribution < -0.4 is 83.5 Å². The summed E-state index contributed by atoms with van der Waals surface area (Å²) in [6, 6.07) is 22.3. The van der Waals surface area contributed by atoms with E-state index >= 15 is 0 Å². The third kappa shape index (κ3) is 8.67. The molecule has 39 heavy (non-hydrogen) atoms. The second-order valence-electron chi connectivity index (χ2n) is 7.80. The van der Waals surface area contributed by atoms with Gasteiger partial charge in [-0.25, -0.2) is 9.97 Å². The molecule has 0 aliphatic rings. The molecule has 0 radical (unpaired) electrons. The van der Waals surface area contributed by atoms with Gasteiger partial charge in [-0.05, 0) is 78.9 Å². The summed E-state index contributed by atoms with van der Waals surface area (Å²) in [7, 11) is -5.12. The molecule has 15 heteroatoms. The topological polar surface area (TPSA) is 174 Å². The molecular formula is C24H18N7Na2O5P. The molecule has 0 aliphatic carbocycles. The van der Waals surface area contributed by atoms with E-state index in [2.05, 4.69) is 40.4 Å². The van der Waals surface area contributed by atoms with E-state index in [4.69, 9.17) is 4.74 Å². The first kappa shape index (κ1) is 30.9. The number of H-pyrrole nitrogens is 1. The second kappa shape index (κ2) is 13.6. The molecule has 12 nitrogen and oxygen atoms in total. The Morgan fingerprint density at radius 1 is 0.846 bits per heavy atom. The van der Waals surface area contributed by atoms with Gasteiger partial charge in [0.25, 0.3) is 0 Å². The minimum atomic E-state index is -5.12. The van der Waals surface area contributed by atoms with Crippen LogP contribution in [0.2, 0.25) is 0 Å². The molecule has 2 N–H and O–H groups in total. The number of rotatable bonds is 8. The Morgan fingerprint density at radius 3 is 2.23 bits per heavy atom. The van der Waals surface area contributed by atoms with Gasteiger partial charge in [0.1, 0.15) is 25.1 Å². The van der Waals surface area contributed by atoms with Crippen LogP contribution in [0.5, 0.6) is 17.2 Å². The normalized spacial score (nSPS) is 10.6. The third-order valence-electron chi connectivity index (χ3n) is 5.01. The molecule has 3 aromatic carbocycles. The first-order chi connectivity index (χ1) is 17.8. The summed E-state index contributed by atoms with van der Waals surface area (Å²) < 4.78 is 21.0. The van der Waals surface area contributed by atoms with Crippen molar-refractivity contribution in [3.05, 3.63) is 84.6 Å². The zero-order valence-electron chi connectivity index (χ0n) is 21.2. The fourth-order valence-corrected chi connectivity index (χ4v) is 3.82. The van der Waals surface area contributed by atoms with Crippen molar-refractivity contribution >= 4 is 19.5 Å². The first-order valence-corrected chi connectivity index (χ1v) is 12.3. The smallest absolute Gasteiger partial charge is 0.780 e. The maximum absolute atomic E-state index is 10.8. The number of aromatic nitrogens is 6. The van der Waals surface area contributed by atoms with Gasteiger partial charge in [-0.2, -0.15) is 5.21 Å². The number of nitrogens with zero attached hydrogens (tertiary/aromatic N) is 5. The van der Waals surface area contributed by atoms with Crippen LogP contribution in [-0.4, -0.2) is 30.6 Å². The van der Waals surface area contributed by atoms with Crippen LogP contribution in [0.1, 0.15) is 5.69 Å². The van der Waals surface area contributed by atoms with Gasteiger partial charge in [-0.15, -0.1) is 10.2 Å². The molecule has 0 aliphatic heterocycles. The van der Waals surface area contributed by atoms with E-state index in [1.165, 1.54) is 24.3 Å². The van der Waals surface area contributed by atoms with Crippen molar-refractivity contribution in [1.82, 2.24) is 30.6 Å². The van der Waals surface area contributed by atoms with Crippen LogP contribution in [0.3, 0.4) is 0 Å². The number of aryl methyl sites for hydroxylation is 1. The molecule has 0 spiro atoms. The van der Waals surface area contributed by atoms with Gasteiger partial charge in [-0.1, -0.05) is 12.1 Å². The third-order valence-corrected chi connectivity index (χ3v) is 5.44. The van der Waals surface area contributed by atoms with E-state index in [1.54, 1.807) is 6.07 Å². The maximum atomic E-state index is 10.8. The van der Waals surface area contributed by atoms with Crippen molar-refractivity contribution in [2.24, 2.45) is 0 Å². The average molecular weight is 561 g/mol. The number of aromatic amines is 1. The fraction of sp³-hybridized carbons (Fsp3) is 0.0417. The van der Waals surface area contributed by atoms with E-state index < -0.39 is 7.82 Å². The van der Waals surface area contributed by atoms with Crippen molar-refractivity contribution in [3.63, 3.8) is 0 Å². The summed E-state index contributed by atoms with van der Waals surface area (Å²) in [5, 5.41) is 17.1. The predicted molar refractivity (Wildman–Crippen MR) is 130 cm³/mol. The van der Waals surface area contributed by atoms with Gasteiger partial charge in [0.2, 0.25) is 11.8 Å². The summed E-state index contributed by atoms with van der Waals surface area (Å²) in [4.78, 5) is 30.6. The molecule has 0 amide bonds. The van der Waals surface area contributed by atoms with Gasteiger partial charge in [-0.3, -0.25) is 0 Å². The standard InChI is InChI=1S/C24H20N7O5P.2Na/c1-15-13-22(27-24(25-15)26-18-7-5-16(6-8-18)23-28-30-31-29-23)17-3-2-4-21(14-17)35-19-9-11-20(12-10-19)36-37(32,33)34;;/h2-14H,1H3,(H,25,26,27)(H2,32,33,34)(H,28,29,30,31);;/q;2*+1/p-2. The minimum Gasteiger partial charge on any atom is -0.780 e. The minimum absolute atomic E-state index is 0. The Labute approximate surface area is 267 Å². The van der Waals surface area contributed by atoms with E-state index in [1.807, 2.05) is 55.5 Å². The number of benzene rings is 3. The molecule has 0 unspecified atom stereocenters. The summed E-state index contributed by atoms with van der Waals surface area (Å²) in [6.07, 6.45) is 0. The number of hydrogen-bond donors (Lipinski definition) is 2. The molecule has 2 aromatic heterocycles. The fourth-order valence-electron chi connectivity index (χ4n) is 3.44. The summed E-state index contributed by atoms with van der Waals surface area (Å²) in [6.45, 7) is 1.88. The van der Waals surface area contributed by atoms with Crippen LogP contribution in [0.4, 0.5) is 11.6 Å². The quantitative estimate of drug-likeness (QED) is 0.150. The summed E-state index contributed by atoms with van der Waals surface area (Å²) in [5.41, 5.74) is 3.87. The Morgan fingerprint density at radius 2 is 1.56 bits per heavy atom. The largest absolute Gasteiger partial charge is 1.00 e. The molecule has 0 saturated carbocycles. The number of tetrazole rings is 1. The van der Waals surface area contributed by atoms with Gasteiger partial charge in [0, 0.05) is 22.5 Å². The molecule has 0 bridgehead atoms. The molecule has 5 rings (SSSR count). The number of nitrogens with one attached hydrogen (secondary N) is 2. The first-order valence-electron chi connectivity index (χ1n) is 10.9. The summed E-state index contributed by atoms with van der Waals surface area (Å²) >= 11 is 0. The van der Waals surface area contributed by atoms with Crippen molar-refractivity contribution in [3.8, 4) is 39.9 Å². The van der Waals surface area contributed by atoms with Crippen LogP contribution in [0, 0.1) is 6.92 Å². The van der Waals surface area contributed by atoms with Crippen molar-refractivity contribution in [1.29, 1.82) is 0 Å². The average Bonchev–Trinajstić information content (AvgIpc) is 3.40. The van der Waals surface area contributed by atoms with Crippen LogP contribution >= 0.6 is 7.82 Å². The van der Waals surface area contributed by atoms with Crippen LogP contribution in [-0.2, 0) is 4.57 Å². The zero-order valence-corrected chi connectivity index (χ0v) is 26.1. The molecule has 5 aromatic rings. The molecule has 186 valence electrons. The second-order valence-corrected chi connectivity index (χ2v) is 8.87. The van der Waals surface area contributed by atoms with Gasteiger partial charge in [0.05, 0.1) is 5.69 Å². The molecule has 2 heterocycles. The Balaban J connectivity index is 0.00000210. The van der Waals surface area contributed by atoms with Crippen molar-refractivity contribution in [2.75, 3.05) is 5.32 Å². The number of anilines is 2. The van der Waals surface area contributed by atoms with Gasteiger partial charge in [0.15, 0.2) is 0 Å². The molecular weight excluding hydrogens is 543 g/mol. The molecule has 0 saturated heterocycles. The maximum Gasteiger partial charge on any atom is 1.00 e. The van der Waals surface area contributed by atoms with Crippen LogP contribution in [0.25, 0.3) is 22.6 Å². The SMILES string of the molecule is Cc1cc(-c2cccc(Oc3ccc(OP(=O)([O-])[O-])cc3)c2)nc(Nc2ccc(-c3nn[nH]n3)cc2)n1.[Na+].[Na+]. The summed E-state index contributed by atoms with van der Waals surface area (Å²) in [5.74, 6) is 1.81. The Bertz CT molecular complexity index is 1570. The number of hydrogen-bond acceptors (Lipinski definition) is 11. The van der Waals surface area contributed by atoms with E-state index in [-0.39, 0.29) is 64.9 Å². The van der Waals surface area contributed by atoms with E-state index in [0.29, 0.717) is 29.0 Å². The Hall–Kier alpha value is -2.64. The Kier molecular flexibility index (Phi) is 10.8. The van der Waals surface area contributed by atoms with E-state index in [0.717, 1.165) is 22.5 Å². The molecule has 0 fully saturated rings. The number of phosphoric acid groups is 1. The van der Waals surface area contributed by atoms with Crippen molar-refractivity contribution in [2.45, 2.75) is 6.92 Å². The molecule has 0 atom stereocenters. The number of phosphoric ester groups is 1. The van der Waals surface area contributed by atoms with Crippen LogP contribution in [0.15, 0.2) is 78.9 Å². The van der Waals surface area contributed by atoms with Gasteiger partial charge < -0.3 is 28.9 Å². The monoisotopic (exact) mass is 561 g/mol.